The van der Waals surface area contributed by atoms with Crippen LogP contribution in [0.15, 0.2) is 0 Å². The number of carbonyl (C=O) groups is 1. The van der Waals surface area contributed by atoms with E-state index >= 15 is 0 Å². The van der Waals surface area contributed by atoms with E-state index in [0.717, 1.165) is 45.3 Å². The van der Waals surface area contributed by atoms with Crippen molar-refractivity contribution in [1.29, 1.82) is 0 Å². The smallest absolute Gasteiger partial charge is 0.407 e. The van der Waals surface area contributed by atoms with Gasteiger partial charge in [-0.2, -0.15) is 0 Å². The van der Waals surface area contributed by atoms with Gasteiger partial charge in [0.2, 0.25) is 0 Å². The van der Waals surface area contributed by atoms with Gasteiger partial charge >= 0.3 is 6.09 Å². The van der Waals surface area contributed by atoms with Gasteiger partial charge < -0.3 is 19.9 Å². The Morgan fingerprint density at radius 1 is 1.20 bits per heavy atom. The molecule has 5 nitrogen and oxygen atoms in total. The number of nitrogens with one attached hydrogen (secondary N) is 1. The topological polar surface area (TPSA) is 67.8 Å². The highest BCUT2D eigenvalue weighted by atomic mass is 16.6. The van der Waals surface area contributed by atoms with Crippen molar-refractivity contribution in [2.45, 2.75) is 71.4 Å². The summed E-state index contributed by atoms with van der Waals surface area (Å²) in [6, 6.07) is -0.250. The number of aliphatic hydroxyl groups excluding tert-OH is 1. The van der Waals surface area contributed by atoms with Crippen molar-refractivity contribution in [3.05, 3.63) is 0 Å². The molecule has 0 bridgehead atoms. The Labute approximate surface area is 123 Å². The van der Waals surface area contributed by atoms with Gasteiger partial charge in [0.1, 0.15) is 5.60 Å². The standard InChI is InChI=1S/C15H31NO4/c1-5-6-10-19-11-8-7-9-13(12-17)16-14(18)20-15(2,3)4/h13,17H,5-12H2,1-4H3,(H,16,18)/t13-/m1/s1. The normalized spacial score (nSPS) is 13.1. The van der Waals surface area contributed by atoms with Crippen molar-refractivity contribution < 1.29 is 19.4 Å². The van der Waals surface area contributed by atoms with Gasteiger partial charge in [-0.15, -0.1) is 0 Å². The Bertz CT molecular complexity index is 251. The van der Waals surface area contributed by atoms with Crippen LogP contribution >= 0.6 is 0 Å². The number of hydrogen-bond donors (Lipinski definition) is 2. The minimum Gasteiger partial charge on any atom is -0.444 e. The molecular weight excluding hydrogens is 258 g/mol. The van der Waals surface area contributed by atoms with E-state index in [-0.39, 0.29) is 12.6 Å². The number of carbonyl (C=O) groups excluding carboxylic acids is 1. The quantitative estimate of drug-likeness (QED) is 0.607. The minimum atomic E-state index is -0.517. The maximum absolute atomic E-state index is 11.6. The average molecular weight is 289 g/mol. The van der Waals surface area contributed by atoms with Gasteiger partial charge in [0, 0.05) is 13.2 Å². The van der Waals surface area contributed by atoms with Crippen molar-refractivity contribution in [1.82, 2.24) is 5.32 Å². The Morgan fingerprint density at radius 2 is 1.85 bits per heavy atom. The highest BCUT2D eigenvalue weighted by Gasteiger charge is 2.18. The van der Waals surface area contributed by atoms with Crippen LogP contribution in [0.4, 0.5) is 4.79 Å². The molecule has 0 saturated carbocycles. The van der Waals surface area contributed by atoms with Crippen molar-refractivity contribution in [2.24, 2.45) is 0 Å². The summed E-state index contributed by atoms with van der Waals surface area (Å²) >= 11 is 0. The van der Waals surface area contributed by atoms with E-state index in [9.17, 15) is 9.90 Å². The summed E-state index contributed by atoms with van der Waals surface area (Å²) in [4.78, 5) is 11.6. The van der Waals surface area contributed by atoms with Crippen LogP contribution in [0, 0.1) is 0 Å². The second kappa shape index (κ2) is 10.9. The summed E-state index contributed by atoms with van der Waals surface area (Å²) in [5.74, 6) is 0. The fourth-order valence-corrected chi connectivity index (χ4v) is 1.63. The third kappa shape index (κ3) is 12.2. The molecular formula is C15H31NO4. The van der Waals surface area contributed by atoms with E-state index in [4.69, 9.17) is 9.47 Å². The number of rotatable bonds is 10. The molecule has 0 aliphatic heterocycles. The number of alkyl carbamates (subject to hydrolysis) is 1. The summed E-state index contributed by atoms with van der Waals surface area (Å²) in [6.45, 7) is 9.06. The molecule has 0 fully saturated rings. The van der Waals surface area contributed by atoms with Crippen LogP contribution in [0.3, 0.4) is 0 Å². The highest BCUT2D eigenvalue weighted by Crippen LogP contribution is 2.08. The molecule has 0 rings (SSSR count). The second-order valence-electron chi connectivity index (χ2n) is 5.99. The maximum atomic E-state index is 11.6. The van der Waals surface area contributed by atoms with Gasteiger partial charge in [0.25, 0.3) is 0 Å². The predicted molar refractivity (Wildman–Crippen MR) is 79.8 cm³/mol. The van der Waals surface area contributed by atoms with Crippen molar-refractivity contribution in [2.75, 3.05) is 19.8 Å². The molecule has 5 heteroatoms. The first-order valence-electron chi connectivity index (χ1n) is 7.57. The molecule has 2 N–H and O–H groups in total. The van der Waals surface area contributed by atoms with Gasteiger partial charge in [0.15, 0.2) is 0 Å². The number of aliphatic hydroxyl groups is 1. The third-order valence-corrected chi connectivity index (χ3v) is 2.67. The van der Waals surface area contributed by atoms with Crippen LogP contribution in [0.25, 0.3) is 0 Å². The third-order valence-electron chi connectivity index (χ3n) is 2.67. The molecule has 0 spiro atoms. The monoisotopic (exact) mass is 289 g/mol. The van der Waals surface area contributed by atoms with Gasteiger partial charge in [-0.25, -0.2) is 4.79 Å². The molecule has 0 aliphatic carbocycles. The lowest BCUT2D eigenvalue weighted by Crippen LogP contribution is -2.41. The van der Waals surface area contributed by atoms with Gasteiger partial charge in [-0.05, 0) is 46.5 Å². The molecule has 1 atom stereocenters. The molecule has 0 radical (unpaired) electrons. The van der Waals surface area contributed by atoms with Crippen LogP contribution in [-0.2, 0) is 9.47 Å². The summed E-state index contributed by atoms with van der Waals surface area (Å²) < 4.78 is 10.6. The molecule has 0 aromatic heterocycles. The largest absolute Gasteiger partial charge is 0.444 e. The van der Waals surface area contributed by atoms with Gasteiger partial charge in [-0.3, -0.25) is 0 Å². The van der Waals surface area contributed by atoms with Crippen LogP contribution in [0.2, 0.25) is 0 Å². The fraction of sp³-hybridized carbons (Fsp3) is 0.933. The Morgan fingerprint density at radius 3 is 2.40 bits per heavy atom. The van der Waals surface area contributed by atoms with E-state index in [0.29, 0.717) is 0 Å². The van der Waals surface area contributed by atoms with Crippen molar-refractivity contribution in [3.63, 3.8) is 0 Å². The van der Waals surface area contributed by atoms with Gasteiger partial charge in [-0.1, -0.05) is 13.3 Å². The van der Waals surface area contributed by atoms with Crippen molar-refractivity contribution in [3.8, 4) is 0 Å². The predicted octanol–water partition coefficient (Wildman–Crippen LogP) is 2.86. The number of hydrogen-bond acceptors (Lipinski definition) is 4. The van der Waals surface area contributed by atoms with E-state index in [1.807, 2.05) is 20.8 Å². The first-order valence-corrected chi connectivity index (χ1v) is 7.57. The summed E-state index contributed by atoms with van der Waals surface area (Å²) in [5, 5.41) is 11.9. The zero-order valence-corrected chi connectivity index (χ0v) is 13.4. The molecule has 0 aliphatic rings. The van der Waals surface area contributed by atoms with Crippen molar-refractivity contribution >= 4 is 6.09 Å². The SMILES string of the molecule is CCCCOCCCC[C@H](CO)NC(=O)OC(C)(C)C. The van der Waals surface area contributed by atoms with Crippen LogP contribution in [0.1, 0.15) is 59.8 Å². The number of ether oxygens (including phenoxy) is 2. The Balaban J connectivity index is 3.69. The number of amides is 1. The Kier molecular flexibility index (Phi) is 10.5. The Hall–Kier alpha value is -0.810. The van der Waals surface area contributed by atoms with E-state index < -0.39 is 11.7 Å². The van der Waals surface area contributed by atoms with Crippen LogP contribution in [-0.4, -0.2) is 42.7 Å². The first-order chi connectivity index (χ1) is 9.39. The molecule has 0 aromatic carbocycles. The van der Waals surface area contributed by atoms with Gasteiger partial charge in [0.05, 0.1) is 12.6 Å². The molecule has 120 valence electrons. The maximum Gasteiger partial charge on any atom is 0.407 e. The second-order valence-corrected chi connectivity index (χ2v) is 5.99. The summed E-state index contributed by atoms with van der Waals surface area (Å²) in [5.41, 5.74) is -0.517. The van der Waals surface area contributed by atoms with E-state index in [1.165, 1.54) is 0 Å². The van der Waals surface area contributed by atoms with Crippen LogP contribution in [0.5, 0.6) is 0 Å². The molecule has 20 heavy (non-hydrogen) atoms. The summed E-state index contributed by atoms with van der Waals surface area (Å²) in [7, 11) is 0. The zero-order valence-electron chi connectivity index (χ0n) is 13.4. The van der Waals surface area contributed by atoms with Crippen LogP contribution < -0.4 is 5.32 Å². The lowest BCUT2D eigenvalue weighted by molar-refractivity contribution is 0.0477. The zero-order chi connectivity index (χ0) is 15.4. The molecule has 0 saturated heterocycles. The lowest BCUT2D eigenvalue weighted by atomic mass is 10.1. The molecule has 0 aromatic rings. The number of unbranched alkanes of at least 4 members (excludes halogenated alkanes) is 2. The highest BCUT2D eigenvalue weighted by molar-refractivity contribution is 5.68. The molecule has 0 unspecified atom stereocenters. The summed E-state index contributed by atoms with van der Waals surface area (Å²) in [6.07, 6.45) is 4.35. The minimum absolute atomic E-state index is 0.0735. The molecule has 1 amide bonds. The average Bonchev–Trinajstić information content (AvgIpc) is 2.34. The van der Waals surface area contributed by atoms with E-state index in [1.54, 1.807) is 0 Å². The fourth-order valence-electron chi connectivity index (χ4n) is 1.63. The van der Waals surface area contributed by atoms with E-state index in [2.05, 4.69) is 12.2 Å². The molecule has 0 heterocycles. The first kappa shape index (κ1) is 19.2. The lowest BCUT2D eigenvalue weighted by Gasteiger charge is -2.22.